The van der Waals surface area contributed by atoms with E-state index in [2.05, 4.69) is 9.97 Å². The molecule has 0 fully saturated rings. The fraction of sp³-hybridized carbons (Fsp3) is 0.286. The van der Waals surface area contributed by atoms with Gasteiger partial charge in [-0.2, -0.15) is 5.26 Å². The Morgan fingerprint density at radius 2 is 2.40 bits per heavy atom. The first kappa shape index (κ1) is 6.69. The predicted molar refractivity (Wildman–Crippen MR) is 36.1 cm³/mol. The molecule has 0 saturated heterocycles. The highest BCUT2D eigenvalue weighted by molar-refractivity contribution is 5.16. The number of nitriles is 1. The summed E-state index contributed by atoms with van der Waals surface area (Å²) in [4.78, 5) is 7.83. The molecule has 0 saturated carbocycles. The minimum absolute atomic E-state index is 0.388. The van der Waals surface area contributed by atoms with Crippen molar-refractivity contribution in [2.24, 2.45) is 0 Å². The molecule has 0 aliphatic rings. The molecule has 0 radical (unpaired) electrons. The molecule has 1 rings (SSSR count). The third-order valence-electron chi connectivity index (χ3n) is 1.16. The summed E-state index contributed by atoms with van der Waals surface area (Å²) in [5, 5.41) is 8.41. The Morgan fingerprint density at radius 1 is 1.60 bits per heavy atom. The van der Waals surface area contributed by atoms with Gasteiger partial charge in [0.25, 0.3) is 0 Å². The summed E-state index contributed by atoms with van der Waals surface area (Å²) in [6.07, 6.45) is 3.95. The van der Waals surface area contributed by atoms with Crippen LogP contribution >= 0.6 is 0 Å². The SMILES string of the molecule is CCc1cncc(C#N)n1. The van der Waals surface area contributed by atoms with Crippen LogP contribution in [0.1, 0.15) is 18.3 Å². The molecular formula is C7H7N3. The second-order valence-electron chi connectivity index (χ2n) is 1.86. The molecule has 10 heavy (non-hydrogen) atoms. The molecule has 1 aromatic rings. The van der Waals surface area contributed by atoms with E-state index >= 15 is 0 Å². The van der Waals surface area contributed by atoms with Gasteiger partial charge in [0, 0.05) is 6.20 Å². The van der Waals surface area contributed by atoms with E-state index in [0.29, 0.717) is 5.69 Å². The summed E-state index contributed by atoms with van der Waals surface area (Å²) in [6, 6.07) is 1.93. The Labute approximate surface area is 59.4 Å². The molecule has 3 heteroatoms. The van der Waals surface area contributed by atoms with Crippen LogP contribution < -0.4 is 0 Å². The normalized spacial score (nSPS) is 8.80. The molecule has 0 unspecified atom stereocenters. The van der Waals surface area contributed by atoms with Gasteiger partial charge in [0.2, 0.25) is 0 Å². The smallest absolute Gasteiger partial charge is 0.159 e. The summed E-state index contributed by atoms with van der Waals surface area (Å²) in [6.45, 7) is 1.98. The minimum Gasteiger partial charge on any atom is -0.260 e. The van der Waals surface area contributed by atoms with E-state index < -0.39 is 0 Å². The number of aryl methyl sites for hydroxylation is 1. The van der Waals surface area contributed by atoms with E-state index in [0.717, 1.165) is 12.1 Å². The molecule has 0 amide bonds. The monoisotopic (exact) mass is 133 g/mol. The summed E-state index contributed by atoms with van der Waals surface area (Å²) in [5.41, 5.74) is 1.25. The molecule has 0 spiro atoms. The maximum absolute atomic E-state index is 8.41. The van der Waals surface area contributed by atoms with Crippen molar-refractivity contribution in [1.82, 2.24) is 9.97 Å². The van der Waals surface area contributed by atoms with E-state index in [1.54, 1.807) is 6.20 Å². The first-order valence-electron chi connectivity index (χ1n) is 3.08. The number of rotatable bonds is 1. The maximum Gasteiger partial charge on any atom is 0.159 e. The lowest BCUT2D eigenvalue weighted by Gasteiger charge is -1.91. The quantitative estimate of drug-likeness (QED) is 0.572. The van der Waals surface area contributed by atoms with Crippen molar-refractivity contribution in [2.45, 2.75) is 13.3 Å². The van der Waals surface area contributed by atoms with Crippen molar-refractivity contribution in [2.75, 3.05) is 0 Å². The minimum atomic E-state index is 0.388. The number of hydrogen-bond donors (Lipinski definition) is 0. The zero-order chi connectivity index (χ0) is 7.40. The highest BCUT2D eigenvalue weighted by atomic mass is 14.8. The van der Waals surface area contributed by atoms with Crippen molar-refractivity contribution < 1.29 is 0 Å². The summed E-state index contributed by atoms with van der Waals surface area (Å²) in [5.74, 6) is 0. The van der Waals surface area contributed by atoms with Gasteiger partial charge in [-0.25, -0.2) is 4.98 Å². The topological polar surface area (TPSA) is 49.6 Å². The molecule has 50 valence electrons. The number of hydrogen-bond acceptors (Lipinski definition) is 3. The van der Waals surface area contributed by atoms with Crippen LogP contribution in [0.5, 0.6) is 0 Å². The zero-order valence-electron chi connectivity index (χ0n) is 5.70. The van der Waals surface area contributed by atoms with Crippen LogP contribution in [-0.2, 0) is 6.42 Å². The van der Waals surface area contributed by atoms with E-state index in [9.17, 15) is 0 Å². The Bertz CT molecular complexity index is 262. The van der Waals surface area contributed by atoms with E-state index in [-0.39, 0.29) is 0 Å². The lowest BCUT2D eigenvalue weighted by molar-refractivity contribution is 0.987. The van der Waals surface area contributed by atoms with Gasteiger partial charge < -0.3 is 0 Å². The first-order valence-corrected chi connectivity index (χ1v) is 3.08. The van der Waals surface area contributed by atoms with Crippen LogP contribution in [-0.4, -0.2) is 9.97 Å². The van der Waals surface area contributed by atoms with Crippen LogP contribution in [0.2, 0.25) is 0 Å². The molecule has 1 heterocycles. The van der Waals surface area contributed by atoms with Crippen molar-refractivity contribution in [3.05, 3.63) is 23.8 Å². The summed E-state index contributed by atoms with van der Waals surface area (Å²) in [7, 11) is 0. The molecule has 0 atom stereocenters. The van der Waals surface area contributed by atoms with E-state index in [1.165, 1.54) is 6.20 Å². The van der Waals surface area contributed by atoms with Gasteiger partial charge in [0.1, 0.15) is 6.07 Å². The van der Waals surface area contributed by atoms with E-state index in [4.69, 9.17) is 5.26 Å². The highest BCUT2D eigenvalue weighted by Crippen LogP contribution is 1.94. The summed E-state index contributed by atoms with van der Waals surface area (Å²) < 4.78 is 0. The predicted octanol–water partition coefficient (Wildman–Crippen LogP) is 0.911. The van der Waals surface area contributed by atoms with Gasteiger partial charge in [-0.1, -0.05) is 6.92 Å². The summed E-state index contributed by atoms with van der Waals surface area (Å²) >= 11 is 0. The lowest BCUT2D eigenvalue weighted by Crippen LogP contribution is -1.91. The molecule has 0 aromatic carbocycles. The molecule has 0 aliphatic heterocycles. The van der Waals surface area contributed by atoms with Gasteiger partial charge >= 0.3 is 0 Å². The molecule has 0 aliphatic carbocycles. The first-order chi connectivity index (χ1) is 4.86. The standard InChI is InChI=1S/C7H7N3/c1-2-6-4-9-5-7(3-8)10-6/h4-5H,2H2,1H3. The largest absolute Gasteiger partial charge is 0.260 e. The van der Waals surface area contributed by atoms with Gasteiger partial charge in [-0.05, 0) is 6.42 Å². The average Bonchev–Trinajstić information content (AvgIpc) is 2.05. The molecule has 0 bridgehead atoms. The van der Waals surface area contributed by atoms with Crippen LogP contribution in [0.25, 0.3) is 0 Å². The van der Waals surface area contributed by atoms with Crippen LogP contribution in [0.4, 0.5) is 0 Å². The van der Waals surface area contributed by atoms with Crippen molar-refractivity contribution in [1.29, 1.82) is 5.26 Å². The molecular weight excluding hydrogens is 126 g/mol. The van der Waals surface area contributed by atoms with Crippen LogP contribution in [0, 0.1) is 11.3 Å². The molecule has 3 nitrogen and oxygen atoms in total. The number of aromatic nitrogens is 2. The second kappa shape index (κ2) is 2.92. The maximum atomic E-state index is 8.41. The van der Waals surface area contributed by atoms with E-state index in [1.807, 2.05) is 13.0 Å². The second-order valence-corrected chi connectivity index (χ2v) is 1.86. The van der Waals surface area contributed by atoms with Crippen molar-refractivity contribution in [3.8, 4) is 6.07 Å². The lowest BCUT2D eigenvalue weighted by atomic mass is 10.3. The van der Waals surface area contributed by atoms with Gasteiger partial charge in [-0.15, -0.1) is 0 Å². The van der Waals surface area contributed by atoms with Crippen LogP contribution in [0.15, 0.2) is 12.4 Å². The number of nitrogens with zero attached hydrogens (tertiary/aromatic N) is 3. The van der Waals surface area contributed by atoms with Gasteiger partial charge in [0.15, 0.2) is 5.69 Å². The van der Waals surface area contributed by atoms with Gasteiger partial charge in [0.05, 0.1) is 11.9 Å². The third kappa shape index (κ3) is 1.29. The fourth-order valence-electron chi connectivity index (χ4n) is 0.631. The Kier molecular flexibility index (Phi) is 1.96. The van der Waals surface area contributed by atoms with Crippen LogP contribution in [0.3, 0.4) is 0 Å². The Balaban J connectivity index is 3.01. The third-order valence-corrected chi connectivity index (χ3v) is 1.16. The fourth-order valence-corrected chi connectivity index (χ4v) is 0.631. The van der Waals surface area contributed by atoms with Crippen molar-refractivity contribution >= 4 is 0 Å². The Hall–Kier alpha value is -1.43. The van der Waals surface area contributed by atoms with Gasteiger partial charge in [-0.3, -0.25) is 4.98 Å². The Morgan fingerprint density at radius 3 is 3.00 bits per heavy atom. The molecule has 0 N–H and O–H groups in total. The highest BCUT2D eigenvalue weighted by Gasteiger charge is 1.92. The average molecular weight is 133 g/mol. The zero-order valence-corrected chi connectivity index (χ0v) is 5.70. The van der Waals surface area contributed by atoms with Crippen molar-refractivity contribution in [3.63, 3.8) is 0 Å². The molecule has 1 aromatic heterocycles.